The molecule has 6 heteroatoms. The van der Waals surface area contributed by atoms with Gasteiger partial charge in [0, 0.05) is 25.4 Å². The molecule has 3 rings (SSSR count). The molecule has 2 N–H and O–H groups in total. The molecular weight excluding hydrogens is 290 g/mol. The maximum atomic E-state index is 12.1. The number of H-pyrrole nitrogens is 1. The lowest BCUT2D eigenvalue weighted by Gasteiger charge is -2.05. The first-order chi connectivity index (χ1) is 11.2. The Kier molecular flexibility index (Phi) is 4.42. The normalized spacial score (nSPS) is 10.5. The van der Waals surface area contributed by atoms with Crippen LogP contribution in [0.2, 0.25) is 0 Å². The highest BCUT2D eigenvalue weighted by Gasteiger charge is 2.06. The van der Waals surface area contributed by atoms with Gasteiger partial charge in [0.2, 0.25) is 5.95 Å². The number of aromatic nitrogens is 4. The van der Waals surface area contributed by atoms with Gasteiger partial charge in [0.25, 0.3) is 5.56 Å². The van der Waals surface area contributed by atoms with Crippen LogP contribution in [0.25, 0.3) is 0 Å². The molecule has 0 aliphatic heterocycles. The van der Waals surface area contributed by atoms with Crippen molar-refractivity contribution in [2.24, 2.45) is 0 Å². The Hall–Kier alpha value is -3.02. The predicted molar refractivity (Wildman–Crippen MR) is 88.2 cm³/mol. The second kappa shape index (κ2) is 6.83. The third-order valence-electron chi connectivity index (χ3n) is 3.44. The van der Waals surface area contributed by atoms with Crippen molar-refractivity contribution in [3.8, 4) is 0 Å². The first-order valence-electron chi connectivity index (χ1n) is 7.35. The number of benzene rings is 1. The molecule has 2 heterocycles. The highest BCUT2D eigenvalue weighted by atomic mass is 16.1. The van der Waals surface area contributed by atoms with Crippen LogP contribution >= 0.6 is 0 Å². The Balaban J connectivity index is 1.68. The zero-order valence-electron chi connectivity index (χ0n) is 12.8. The fraction of sp³-hybridized carbons (Fsp3) is 0.176. The van der Waals surface area contributed by atoms with E-state index in [9.17, 15) is 4.79 Å². The first kappa shape index (κ1) is 14.9. The van der Waals surface area contributed by atoms with Crippen LogP contribution in [0.5, 0.6) is 0 Å². The molecule has 0 atom stereocenters. The Labute approximate surface area is 133 Å². The van der Waals surface area contributed by atoms with Crippen molar-refractivity contribution < 1.29 is 0 Å². The van der Waals surface area contributed by atoms with Gasteiger partial charge in [-0.2, -0.15) is 0 Å². The smallest absolute Gasteiger partial charge is 0.274 e. The van der Waals surface area contributed by atoms with E-state index < -0.39 is 0 Å². The molecule has 0 bridgehead atoms. The number of nitrogens with one attached hydrogen (secondary N) is 2. The van der Waals surface area contributed by atoms with Crippen molar-refractivity contribution in [2.45, 2.75) is 19.9 Å². The number of aromatic amines is 1. The highest BCUT2D eigenvalue weighted by Crippen LogP contribution is 2.06. The molecule has 0 saturated carbocycles. The van der Waals surface area contributed by atoms with E-state index >= 15 is 0 Å². The van der Waals surface area contributed by atoms with Crippen LogP contribution in [0.1, 0.15) is 22.4 Å². The number of pyridine rings is 1. The summed E-state index contributed by atoms with van der Waals surface area (Å²) >= 11 is 0. The van der Waals surface area contributed by atoms with Crippen molar-refractivity contribution >= 4 is 5.95 Å². The molecular formula is C17H17N5O. The minimum Gasteiger partial charge on any atom is -0.350 e. The van der Waals surface area contributed by atoms with E-state index in [0.29, 0.717) is 24.6 Å². The average molecular weight is 307 g/mol. The SMILES string of the molecule is Cc1ccc(Cc2nnc(NCc3cccnc3)[nH]c2=O)cc1. The lowest BCUT2D eigenvalue weighted by atomic mass is 10.1. The summed E-state index contributed by atoms with van der Waals surface area (Å²) < 4.78 is 0. The summed E-state index contributed by atoms with van der Waals surface area (Å²) in [5, 5.41) is 11.1. The highest BCUT2D eigenvalue weighted by molar-refractivity contribution is 5.27. The van der Waals surface area contributed by atoms with Crippen LogP contribution in [0.15, 0.2) is 53.6 Å². The Morgan fingerprint density at radius 3 is 2.61 bits per heavy atom. The molecule has 116 valence electrons. The van der Waals surface area contributed by atoms with Crippen LogP contribution in [-0.4, -0.2) is 20.2 Å². The molecule has 0 aliphatic rings. The molecule has 3 aromatic rings. The summed E-state index contributed by atoms with van der Waals surface area (Å²) in [4.78, 5) is 18.9. The van der Waals surface area contributed by atoms with E-state index in [1.165, 1.54) is 5.56 Å². The van der Waals surface area contributed by atoms with E-state index in [1.54, 1.807) is 12.4 Å². The van der Waals surface area contributed by atoms with Crippen LogP contribution in [0.3, 0.4) is 0 Å². The van der Waals surface area contributed by atoms with Crippen LogP contribution in [-0.2, 0) is 13.0 Å². The standard InChI is InChI=1S/C17H17N5O/c1-12-4-6-13(7-5-12)9-15-16(23)20-17(22-21-15)19-11-14-3-2-8-18-10-14/h2-8,10H,9,11H2,1H3,(H2,19,20,22,23). The van der Waals surface area contributed by atoms with Gasteiger partial charge in [-0.15, -0.1) is 10.2 Å². The third kappa shape index (κ3) is 4.00. The van der Waals surface area contributed by atoms with Gasteiger partial charge in [-0.25, -0.2) is 0 Å². The molecule has 1 aromatic carbocycles. The van der Waals surface area contributed by atoms with E-state index in [-0.39, 0.29) is 5.56 Å². The van der Waals surface area contributed by atoms with Gasteiger partial charge < -0.3 is 5.32 Å². The summed E-state index contributed by atoms with van der Waals surface area (Å²) in [5.74, 6) is 0.353. The minimum atomic E-state index is -0.228. The molecule has 0 radical (unpaired) electrons. The maximum absolute atomic E-state index is 12.1. The minimum absolute atomic E-state index is 0.228. The number of hydrogen-bond acceptors (Lipinski definition) is 5. The van der Waals surface area contributed by atoms with Crippen molar-refractivity contribution in [1.29, 1.82) is 0 Å². The van der Waals surface area contributed by atoms with Crippen LogP contribution in [0.4, 0.5) is 5.95 Å². The second-order valence-electron chi connectivity index (χ2n) is 5.33. The van der Waals surface area contributed by atoms with E-state index in [0.717, 1.165) is 11.1 Å². The number of hydrogen-bond donors (Lipinski definition) is 2. The van der Waals surface area contributed by atoms with Gasteiger partial charge in [-0.1, -0.05) is 35.9 Å². The van der Waals surface area contributed by atoms with Gasteiger partial charge in [0.1, 0.15) is 5.69 Å². The van der Waals surface area contributed by atoms with Crippen molar-refractivity contribution in [1.82, 2.24) is 20.2 Å². The molecule has 0 unspecified atom stereocenters. The molecule has 2 aromatic heterocycles. The fourth-order valence-electron chi connectivity index (χ4n) is 2.14. The zero-order valence-corrected chi connectivity index (χ0v) is 12.8. The number of rotatable bonds is 5. The largest absolute Gasteiger partial charge is 0.350 e. The van der Waals surface area contributed by atoms with Crippen LogP contribution < -0.4 is 10.9 Å². The van der Waals surface area contributed by atoms with E-state index in [1.807, 2.05) is 43.3 Å². The van der Waals surface area contributed by atoms with Crippen LogP contribution in [0, 0.1) is 6.92 Å². The summed E-state index contributed by atoms with van der Waals surface area (Å²) in [5.41, 5.74) is 3.39. The van der Waals surface area contributed by atoms with Gasteiger partial charge in [0.05, 0.1) is 0 Å². The second-order valence-corrected chi connectivity index (χ2v) is 5.33. The van der Waals surface area contributed by atoms with Crippen molar-refractivity contribution in [2.75, 3.05) is 5.32 Å². The summed E-state index contributed by atoms with van der Waals surface area (Å²) in [6, 6.07) is 11.8. The van der Waals surface area contributed by atoms with Crippen molar-refractivity contribution in [3.05, 3.63) is 81.5 Å². The van der Waals surface area contributed by atoms with Gasteiger partial charge in [-0.3, -0.25) is 14.8 Å². The molecule has 0 fully saturated rings. The molecule has 0 aliphatic carbocycles. The fourth-order valence-corrected chi connectivity index (χ4v) is 2.14. The van der Waals surface area contributed by atoms with E-state index in [2.05, 4.69) is 25.5 Å². The van der Waals surface area contributed by atoms with Gasteiger partial charge in [0.15, 0.2) is 0 Å². The van der Waals surface area contributed by atoms with Gasteiger partial charge >= 0.3 is 0 Å². The number of anilines is 1. The topological polar surface area (TPSA) is 83.6 Å². The molecule has 0 saturated heterocycles. The lowest BCUT2D eigenvalue weighted by molar-refractivity contribution is 0.859. The van der Waals surface area contributed by atoms with Crippen molar-refractivity contribution in [3.63, 3.8) is 0 Å². The monoisotopic (exact) mass is 307 g/mol. The lowest BCUT2D eigenvalue weighted by Crippen LogP contribution is -2.19. The molecule has 0 spiro atoms. The molecule has 0 amide bonds. The summed E-state index contributed by atoms with van der Waals surface area (Å²) in [7, 11) is 0. The summed E-state index contributed by atoms with van der Waals surface area (Å²) in [6.45, 7) is 2.55. The van der Waals surface area contributed by atoms with E-state index in [4.69, 9.17) is 0 Å². The Morgan fingerprint density at radius 1 is 1.09 bits per heavy atom. The number of nitrogens with zero attached hydrogens (tertiary/aromatic N) is 3. The quantitative estimate of drug-likeness (QED) is 0.754. The maximum Gasteiger partial charge on any atom is 0.274 e. The first-order valence-corrected chi connectivity index (χ1v) is 7.35. The number of aryl methyl sites for hydroxylation is 1. The Bertz CT molecular complexity index is 828. The predicted octanol–water partition coefficient (Wildman–Crippen LogP) is 2.07. The zero-order chi connectivity index (χ0) is 16.1. The third-order valence-corrected chi connectivity index (χ3v) is 3.44. The average Bonchev–Trinajstić information content (AvgIpc) is 2.58. The Morgan fingerprint density at radius 2 is 1.91 bits per heavy atom. The van der Waals surface area contributed by atoms with Gasteiger partial charge in [-0.05, 0) is 24.1 Å². The summed E-state index contributed by atoms with van der Waals surface area (Å²) in [6.07, 6.45) is 3.93. The molecule has 23 heavy (non-hydrogen) atoms. The molecule has 6 nitrogen and oxygen atoms in total.